The van der Waals surface area contributed by atoms with Gasteiger partial charge in [-0.15, -0.1) is 0 Å². The highest BCUT2D eigenvalue weighted by molar-refractivity contribution is 5.78. The van der Waals surface area contributed by atoms with Crippen molar-refractivity contribution in [2.75, 3.05) is 20.3 Å². The lowest BCUT2D eigenvalue weighted by molar-refractivity contribution is -0.134. The van der Waals surface area contributed by atoms with E-state index in [0.717, 1.165) is 35.4 Å². The number of amides is 1. The number of methoxy groups -OCH3 is 1. The van der Waals surface area contributed by atoms with Crippen LogP contribution in [0.2, 0.25) is 0 Å². The Morgan fingerprint density at radius 2 is 2.07 bits per heavy atom. The topological polar surface area (TPSA) is 69.0 Å². The summed E-state index contributed by atoms with van der Waals surface area (Å²) < 4.78 is 13.0. The fraction of sp³-hybridized carbons (Fsp3) is 0.381. The van der Waals surface area contributed by atoms with Crippen LogP contribution in [-0.2, 0) is 4.79 Å². The molecule has 0 spiro atoms. The van der Waals surface area contributed by atoms with E-state index in [-0.39, 0.29) is 18.6 Å². The van der Waals surface area contributed by atoms with Crippen LogP contribution in [0.1, 0.15) is 35.8 Å². The summed E-state index contributed by atoms with van der Waals surface area (Å²) >= 11 is 0. The van der Waals surface area contributed by atoms with Crippen molar-refractivity contribution in [3.63, 3.8) is 0 Å². The van der Waals surface area contributed by atoms with Crippen molar-refractivity contribution in [2.45, 2.75) is 32.7 Å². The predicted molar refractivity (Wildman–Crippen MR) is 105 cm³/mol. The number of benzene rings is 1. The Kier molecular flexibility index (Phi) is 4.90. The van der Waals surface area contributed by atoms with E-state index in [1.54, 1.807) is 13.3 Å². The second kappa shape index (κ2) is 7.50. The van der Waals surface area contributed by atoms with Crippen LogP contribution < -0.4 is 9.47 Å². The molecule has 3 heterocycles. The molecule has 0 saturated carbocycles. The molecule has 1 fully saturated rings. The number of carbonyl (C=O) groups excluding carboxylic acids is 1. The van der Waals surface area contributed by atoms with Gasteiger partial charge in [-0.25, -0.2) is 9.50 Å². The Morgan fingerprint density at radius 1 is 1.21 bits per heavy atom. The number of aryl methyl sites for hydroxylation is 2. The Bertz CT molecular complexity index is 1010. The summed E-state index contributed by atoms with van der Waals surface area (Å²) in [5, 5.41) is 4.54. The molecule has 1 aliphatic heterocycles. The van der Waals surface area contributed by atoms with E-state index in [0.29, 0.717) is 18.0 Å². The van der Waals surface area contributed by atoms with Gasteiger partial charge >= 0.3 is 0 Å². The summed E-state index contributed by atoms with van der Waals surface area (Å²) in [7, 11) is 1.60. The maximum absolute atomic E-state index is 12.9. The molecule has 4 rings (SSSR count). The summed E-state index contributed by atoms with van der Waals surface area (Å²) in [6, 6.07) is 9.53. The van der Waals surface area contributed by atoms with Gasteiger partial charge in [0.15, 0.2) is 23.8 Å². The normalized spacial score (nSPS) is 16.5. The zero-order valence-electron chi connectivity index (χ0n) is 16.4. The minimum Gasteiger partial charge on any atom is -0.493 e. The van der Waals surface area contributed by atoms with Crippen molar-refractivity contribution >= 4 is 11.6 Å². The number of hydrogen-bond acceptors (Lipinski definition) is 5. The molecule has 1 amide bonds. The Balaban J connectivity index is 1.52. The quantitative estimate of drug-likeness (QED) is 0.680. The van der Waals surface area contributed by atoms with Crippen molar-refractivity contribution in [1.82, 2.24) is 19.5 Å². The van der Waals surface area contributed by atoms with Crippen LogP contribution in [0.4, 0.5) is 0 Å². The third-order valence-corrected chi connectivity index (χ3v) is 5.09. The number of nitrogens with zero attached hydrogens (tertiary/aromatic N) is 4. The zero-order chi connectivity index (χ0) is 19.7. The third kappa shape index (κ3) is 3.40. The summed E-state index contributed by atoms with van der Waals surface area (Å²) in [5.74, 6) is 1.17. The first-order valence-electron chi connectivity index (χ1n) is 9.45. The lowest BCUT2D eigenvalue weighted by Crippen LogP contribution is -2.35. The highest BCUT2D eigenvalue weighted by Gasteiger charge is 2.32. The van der Waals surface area contributed by atoms with Crippen LogP contribution in [0, 0.1) is 13.8 Å². The number of carbonyl (C=O) groups is 1. The molecule has 3 aromatic rings. The number of likely N-dealkylation sites (tertiary alicyclic amines) is 1. The van der Waals surface area contributed by atoms with Crippen LogP contribution >= 0.6 is 0 Å². The predicted octanol–water partition coefficient (Wildman–Crippen LogP) is 3.10. The summed E-state index contributed by atoms with van der Waals surface area (Å²) in [6.07, 6.45) is 3.63. The summed E-state index contributed by atoms with van der Waals surface area (Å²) in [5.41, 5.74) is 3.77. The molecule has 7 nitrogen and oxygen atoms in total. The number of ether oxygens (including phenoxy) is 2. The average molecular weight is 380 g/mol. The maximum Gasteiger partial charge on any atom is 0.261 e. The molecular formula is C21H24N4O3. The van der Waals surface area contributed by atoms with E-state index in [2.05, 4.69) is 10.1 Å². The first-order chi connectivity index (χ1) is 13.6. The van der Waals surface area contributed by atoms with Gasteiger partial charge in [-0.2, -0.15) is 5.10 Å². The van der Waals surface area contributed by atoms with E-state index < -0.39 is 0 Å². The Hall–Kier alpha value is -3.09. The number of fused-ring (bicyclic) bond motifs is 1. The lowest BCUT2D eigenvalue weighted by atomic mass is 10.1. The van der Waals surface area contributed by atoms with Crippen LogP contribution in [0.3, 0.4) is 0 Å². The fourth-order valence-corrected chi connectivity index (χ4v) is 3.77. The van der Waals surface area contributed by atoms with Crippen molar-refractivity contribution in [3.05, 3.63) is 53.5 Å². The maximum atomic E-state index is 12.9. The van der Waals surface area contributed by atoms with Gasteiger partial charge in [-0.05, 0) is 50.5 Å². The SMILES string of the molecule is COc1cc(C)ccc1OCC(=O)N1CCC[C@H]1c1ccnc2cc(C)nn12. The monoisotopic (exact) mass is 380 g/mol. The van der Waals surface area contributed by atoms with Gasteiger partial charge in [0.25, 0.3) is 5.91 Å². The molecule has 0 N–H and O–H groups in total. The molecule has 0 radical (unpaired) electrons. The number of aromatic nitrogens is 3. The second-order valence-electron chi connectivity index (χ2n) is 7.11. The Labute approximate surface area is 163 Å². The standard InChI is InChI=1S/C21H24N4O3/c1-14-6-7-18(19(11-14)27-3)28-13-21(26)24-10-4-5-16(24)17-8-9-22-20-12-15(2)23-25(17)20/h6-9,11-12,16H,4-5,10,13H2,1-3H3/t16-/m0/s1. The zero-order valence-corrected chi connectivity index (χ0v) is 16.4. The number of rotatable bonds is 5. The average Bonchev–Trinajstić information content (AvgIpc) is 3.32. The largest absolute Gasteiger partial charge is 0.493 e. The first-order valence-corrected chi connectivity index (χ1v) is 9.45. The van der Waals surface area contributed by atoms with Crippen LogP contribution in [0.25, 0.3) is 5.65 Å². The molecule has 0 bridgehead atoms. The third-order valence-electron chi connectivity index (χ3n) is 5.09. The summed E-state index contributed by atoms with van der Waals surface area (Å²) in [4.78, 5) is 19.2. The molecule has 0 aliphatic carbocycles. The molecule has 1 atom stereocenters. The van der Waals surface area contributed by atoms with Gasteiger partial charge in [0.1, 0.15) is 0 Å². The van der Waals surface area contributed by atoms with E-state index in [4.69, 9.17) is 9.47 Å². The van der Waals surface area contributed by atoms with E-state index >= 15 is 0 Å². The Morgan fingerprint density at radius 3 is 2.89 bits per heavy atom. The molecule has 0 unspecified atom stereocenters. The van der Waals surface area contributed by atoms with Crippen LogP contribution in [0.15, 0.2) is 36.5 Å². The van der Waals surface area contributed by atoms with Crippen LogP contribution in [0.5, 0.6) is 11.5 Å². The molecule has 1 aliphatic rings. The van der Waals surface area contributed by atoms with Gasteiger partial charge in [-0.3, -0.25) is 4.79 Å². The van der Waals surface area contributed by atoms with E-state index in [1.165, 1.54) is 0 Å². The molecule has 2 aromatic heterocycles. The van der Waals surface area contributed by atoms with Gasteiger partial charge < -0.3 is 14.4 Å². The van der Waals surface area contributed by atoms with E-state index in [1.807, 2.05) is 53.6 Å². The van der Waals surface area contributed by atoms with Crippen molar-refractivity contribution in [2.24, 2.45) is 0 Å². The summed E-state index contributed by atoms with van der Waals surface area (Å²) in [6.45, 7) is 4.61. The number of hydrogen-bond donors (Lipinski definition) is 0. The molecule has 28 heavy (non-hydrogen) atoms. The molecular weight excluding hydrogens is 356 g/mol. The minimum absolute atomic E-state index is 0.0255. The fourth-order valence-electron chi connectivity index (χ4n) is 3.77. The minimum atomic E-state index is -0.0426. The second-order valence-corrected chi connectivity index (χ2v) is 7.11. The van der Waals surface area contributed by atoms with Crippen molar-refractivity contribution in [3.8, 4) is 11.5 Å². The van der Waals surface area contributed by atoms with Gasteiger partial charge in [0, 0.05) is 18.8 Å². The van der Waals surface area contributed by atoms with Crippen LogP contribution in [-0.4, -0.2) is 45.7 Å². The van der Waals surface area contributed by atoms with Crippen molar-refractivity contribution < 1.29 is 14.3 Å². The highest BCUT2D eigenvalue weighted by Crippen LogP contribution is 2.33. The first kappa shape index (κ1) is 18.3. The smallest absolute Gasteiger partial charge is 0.261 e. The molecule has 146 valence electrons. The lowest BCUT2D eigenvalue weighted by Gasteiger charge is -2.25. The van der Waals surface area contributed by atoms with Crippen molar-refractivity contribution in [1.29, 1.82) is 0 Å². The molecule has 1 saturated heterocycles. The highest BCUT2D eigenvalue weighted by atomic mass is 16.5. The molecule has 1 aromatic carbocycles. The van der Waals surface area contributed by atoms with Gasteiger partial charge in [0.2, 0.25) is 0 Å². The van der Waals surface area contributed by atoms with Gasteiger partial charge in [0.05, 0.1) is 24.5 Å². The van der Waals surface area contributed by atoms with Gasteiger partial charge in [-0.1, -0.05) is 6.07 Å². The van der Waals surface area contributed by atoms with E-state index in [9.17, 15) is 4.79 Å². The molecule has 7 heteroatoms.